The van der Waals surface area contributed by atoms with Crippen molar-refractivity contribution in [2.45, 2.75) is 59.1 Å². The van der Waals surface area contributed by atoms with Crippen molar-refractivity contribution in [2.24, 2.45) is 0 Å². The Hall–Kier alpha value is -6.73. The third kappa shape index (κ3) is 8.53. The van der Waals surface area contributed by atoms with Crippen LogP contribution >= 0.6 is 0 Å². The Morgan fingerprint density at radius 1 is 0.917 bits per heavy atom. The number of nitrogens with one attached hydrogen (secondary N) is 2. The fourth-order valence-electron chi connectivity index (χ4n) is 7.36. The molecule has 1 saturated heterocycles. The lowest BCUT2D eigenvalue weighted by molar-refractivity contribution is -0.147. The fourth-order valence-corrected chi connectivity index (χ4v) is 7.36. The van der Waals surface area contributed by atoms with E-state index in [4.69, 9.17) is 33.0 Å². The number of hydrogen-bond donors (Lipinski definition) is 3. The van der Waals surface area contributed by atoms with Gasteiger partial charge in [-0.1, -0.05) is 24.3 Å². The van der Waals surface area contributed by atoms with Crippen LogP contribution in [-0.4, -0.2) is 58.4 Å². The molecular weight excluding hydrogens is 775 g/mol. The van der Waals surface area contributed by atoms with E-state index >= 15 is 0 Å². The van der Waals surface area contributed by atoms with Gasteiger partial charge in [0.05, 0.1) is 12.2 Å². The molecule has 1 aliphatic rings. The van der Waals surface area contributed by atoms with Crippen LogP contribution in [0, 0.1) is 25.2 Å². The van der Waals surface area contributed by atoms with Crippen molar-refractivity contribution in [3.05, 3.63) is 113 Å². The number of oxazole rings is 2. The SMILES string of the molecule is Cc1c(-c2nc3cc(CNCCO)c(OCc4cncc(C#N)c4)cc3o2)cccc1-c1cccc(-c2nc3cc(COC(=O)[C@@H]4CCCN4)c(OC(F)F)cc3o2)c1C. The number of carbonyl (C=O) groups is 1. The number of benzene rings is 4. The highest BCUT2D eigenvalue weighted by Gasteiger charge is 2.25. The van der Waals surface area contributed by atoms with E-state index in [-0.39, 0.29) is 42.6 Å². The molecular formula is C45H40F2N6O7. The molecule has 0 bridgehead atoms. The summed E-state index contributed by atoms with van der Waals surface area (Å²) in [6, 6.07) is 21.6. The number of carbonyl (C=O) groups excluding carboxylic acids is 1. The third-order valence-electron chi connectivity index (χ3n) is 10.4. The molecule has 1 fully saturated rings. The largest absolute Gasteiger partial charge is 0.488 e. The van der Waals surface area contributed by atoms with Crippen molar-refractivity contribution in [3.63, 3.8) is 0 Å². The third-order valence-corrected chi connectivity index (χ3v) is 10.4. The van der Waals surface area contributed by atoms with Crippen LogP contribution < -0.4 is 20.1 Å². The van der Waals surface area contributed by atoms with Crippen molar-refractivity contribution < 1.29 is 41.7 Å². The highest BCUT2D eigenvalue weighted by Crippen LogP contribution is 2.39. The summed E-state index contributed by atoms with van der Waals surface area (Å²) in [7, 11) is 0. The Kier molecular flexibility index (Phi) is 11.8. The first-order valence-corrected chi connectivity index (χ1v) is 19.4. The van der Waals surface area contributed by atoms with Gasteiger partial charge in [-0.2, -0.15) is 14.0 Å². The van der Waals surface area contributed by atoms with Crippen LogP contribution in [0.2, 0.25) is 0 Å². The second-order valence-corrected chi connectivity index (χ2v) is 14.4. The topological polar surface area (TPSA) is 178 Å². The van der Waals surface area contributed by atoms with Gasteiger partial charge in [-0.25, -0.2) is 9.97 Å². The summed E-state index contributed by atoms with van der Waals surface area (Å²) < 4.78 is 55.9. The first-order chi connectivity index (χ1) is 29.2. The van der Waals surface area contributed by atoms with Gasteiger partial charge >= 0.3 is 12.6 Å². The number of aliphatic hydroxyl groups excluding tert-OH is 1. The molecule has 3 aromatic heterocycles. The molecule has 4 heterocycles. The molecule has 1 aliphatic heterocycles. The number of nitriles is 1. The molecule has 0 aliphatic carbocycles. The Labute approximate surface area is 342 Å². The Balaban J connectivity index is 1.09. The number of esters is 1. The number of halogens is 2. The molecule has 0 unspecified atom stereocenters. The van der Waals surface area contributed by atoms with Crippen molar-refractivity contribution in [2.75, 3.05) is 19.7 Å². The number of ether oxygens (including phenoxy) is 3. The maximum atomic E-state index is 13.5. The van der Waals surface area contributed by atoms with Crippen LogP contribution in [0.5, 0.6) is 11.5 Å². The summed E-state index contributed by atoms with van der Waals surface area (Å²) >= 11 is 0. The normalized spacial score (nSPS) is 13.9. The van der Waals surface area contributed by atoms with Gasteiger partial charge in [0.1, 0.15) is 47.9 Å². The molecule has 8 rings (SSSR count). The van der Waals surface area contributed by atoms with Crippen molar-refractivity contribution >= 4 is 28.2 Å². The predicted molar refractivity (Wildman–Crippen MR) is 217 cm³/mol. The van der Waals surface area contributed by atoms with E-state index in [1.165, 1.54) is 12.3 Å². The first-order valence-electron chi connectivity index (χ1n) is 19.4. The highest BCUT2D eigenvalue weighted by molar-refractivity contribution is 5.85. The molecule has 0 spiro atoms. The summed E-state index contributed by atoms with van der Waals surface area (Å²) in [6.45, 7) is 2.25. The summed E-state index contributed by atoms with van der Waals surface area (Å²) in [5.41, 5.74) is 9.06. The monoisotopic (exact) mass is 814 g/mol. The number of pyridine rings is 1. The van der Waals surface area contributed by atoms with E-state index in [9.17, 15) is 23.9 Å². The van der Waals surface area contributed by atoms with E-state index in [0.717, 1.165) is 45.4 Å². The van der Waals surface area contributed by atoms with E-state index in [0.29, 0.717) is 65.4 Å². The van der Waals surface area contributed by atoms with E-state index in [1.807, 2.05) is 56.3 Å². The van der Waals surface area contributed by atoms with Crippen LogP contribution in [0.1, 0.15) is 46.2 Å². The van der Waals surface area contributed by atoms with Crippen LogP contribution in [0.25, 0.3) is 56.2 Å². The Morgan fingerprint density at radius 3 is 2.18 bits per heavy atom. The van der Waals surface area contributed by atoms with E-state index in [2.05, 4.69) is 21.7 Å². The van der Waals surface area contributed by atoms with Crippen LogP contribution in [-0.2, 0) is 29.3 Å². The molecule has 306 valence electrons. The second kappa shape index (κ2) is 17.6. The predicted octanol–water partition coefficient (Wildman–Crippen LogP) is 7.91. The van der Waals surface area contributed by atoms with Crippen molar-refractivity contribution in [1.29, 1.82) is 5.26 Å². The molecule has 60 heavy (non-hydrogen) atoms. The lowest BCUT2D eigenvalue weighted by Gasteiger charge is -2.14. The standard InChI is InChI=1S/C45H40F2N6O7/c1-25-31(6-3-8-33(25)42-52-36-15-29(22-49-12-13-54)38(17-40(36)58-42)56-23-28-14-27(19-48)20-50-21-28)32-7-4-9-34(26(32)2)43-53-37-16-30(24-57-44(55)35-10-5-11-51-35)39(60-45(46)47)18-41(37)59-43/h3-4,6-9,14-18,20-21,35,45,49,51,54H,5,10-13,22-24H2,1-2H3/t35-/m0/s1. The van der Waals surface area contributed by atoms with Gasteiger partial charge in [-0.3, -0.25) is 9.78 Å². The number of nitrogens with zero attached hydrogens (tertiary/aromatic N) is 4. The molecule has 0 amide bonds. The smallest absolute Gasteiger partial charge is 0.387 e. The number of rotatable bonds is 15. The van der Waals surface area contributed by atoms with Crippen LogP contribution in [0.15, 0.2) is 88.0 Å². The zero-order chi connectivity index (χ0) is 41.8. The quantitative estimate of drug-likeness (QED) is 0.0673. The van der Waals surface area contributed by atoms with Gasteiger partial charge in [0.2, 0.25) is 11.8 Å². The molecule has 4 aromatic carbocycles. The number of hydrogen-bond acceptors (Lipinski definition) is 13. The maximum Gasteiger partial charge on any atom is 0.387 e. The Bertz CT molecular complexity index is 2740. The van der Waals surface area contributed by atoms with Crippen LogP contribution in [0.3, 0.4) is 0 Å². The minimum absolute atomic E-state index is 0.0226. The molecule has 3 N–H and O–H groups in total. The van der Waals surface area contributed by atoms with Gasteiger partial charge in [-0.05, 0) is 85.8 Å². The number of alkyl halides is 2. The van der Waals surface area contributed by atoms with Gasteiger partial charge in [0.25, 0.3) is 0 Å². The molecule has 0 saturated carbocycles. The number of aromatic nitrogens is 3. The van der Waals surface area contributed by atoms with Gasteiger partial charge < -0.3 is 38.8 Å². The zero-order valence-electron chi connectivity index (χ0n) is 32.8. The second-order valence-electron chi connectivity index (χ2n) is 14.4. The van der Waals surface area contributed by atoms with E-state index < -0.39 is 18.6 Å². The number of fused-ring (bicyclic) bond motifs is 2. The first kappa shape index (κ1) is 40.1. The molecule has 13 nitrogen and oxygen atoms in total. The average Bonchev–Trinajstić information content (AvgIpc) is 4.03. The molecule has 1 atom stereocenters. The fraction of sp³-hybridized carbons (Fsp3) is 0.267. The highest BCUT2D eigenvalue weighted by atomic mass is 19.3. The number of aliphatic hydroxyl groups is 1. The summed E-state index contributed by atoms with van der Waals surface area (Å²) in [6.07, 6.45) is 4.64. The zero-order valence-corrected chi connectivity index (χ0v) is 32.8. The van der Waals surface area contributed by atoms with Crippen molar-refractivity contribution in [3.8, 4) is 51.6 Å². The molecule has 0 radical (unpaired) electrons. The van der Waals surface area contributed by atoms with E-state index in [1.54, 1.807) is 24.4 Å². The minimum Gasteiger partial charge on any atom is -0.488 e. The van der Waals surface area contributed by atoms with Gasteiger partial charge in [0.15, 0.2) is 11.2 Å². The van der Waals surface area contributed by atoms with Gasteiger partial charge in [0, 0.05) is 65.4 Å². The summed E-state index contributed by atoms with van der Waals surface area (Å²) in [5, 5.41) is 24.9. The lowest BCUT2D eigenvalue weighted by atomic mass is 9.91. The average molecular weight is 815 g/mol. The Morgan fingerprint density at radius 2 is 1.57 bits per heavy atom. The summed E-state index contributed by atoms with van der Waals surface area (Å²) in [5.74, 6) is 0.634. The lowest BCUT2D eigenvalue weighted by Crippen LogP contribution is -2.32. The molecule has 7 aromatic rings. The van der Waals surface area contributed by atoms with Crippen LogP contribution in [0.4, 0.5) is 8.78 Å². The van der Waals surface area contributed by atoms with Crippen molar-refractivity contribution in [1.82, 2.24) is 25.6 Å². The van der Waals surface area contributed by atoms with Gasteiger partial charge in [-0.15, -0.1) is 0 Å². The summed E-state index contributed by atoms with van der Waals surface area (Å²) in [4.78, 5) is 26.3. The maximum absolute atomic E-state index is 13.5. The minimum atomic E-state index is -3.10. The molecule has 15 heteroatoms.